The summed E-state index contributed by atoms with van der Waals surface area (Å²) in [5.74, 6) is 0.986. The molecule has 0 spiro atoms. The zero-order valence-corrected chi connectivity index (χ0v) is 20.8. The van der Waals surface area contributed by atoms with E-state index in [2.05, 4.69) is 69.4 Å². The fourth-order valence-corrected chi connectivity index (χ4v) is 5.13. The van der Waals surface area contributed by atoms with Crippen molar-refractivity contribution in [3.63, 3.8) is 0 Å². The lowest BCUT2D eigenvalue weighted by Crippen LogP contribution is -2.20. The van der Waals surface area contributed by atoms with E-state index in [0.717, 1.165) is 61.5 Å². The van der Waals surface area contributed by atoms with Gasteiger partial charge in [-0.3, -0.25) is 0 Å². The molecular formula is C31H30FN5. The van der Waals surface area contributed by atoms with Gasteiger partial charge in [0, 0.05) is 18.7 Å². The van der Waals surface area contributed by atoms with Crippen LogP contribution in [0, 0.1) is 5.82 Å². The first-order valence-electron chi connectivity index (χ1n) is 12.9. The van der Waals surface area contributed by atoms with Gasteiger partial charge in [-0.05, 0) is 65.9 Å². The molecule has 0 saturated heterocycles. The monoisotopic (exact) mass is 491 g/mol. The summed E-state index contributed by atoms with van der Waals surface area (Å²) in [6.07, 6.45) is 6.31. The van der Waals surface area contributed by atoms with Crippen LogP contribution in [0.1, 0.15) is 29.5 Å². The van der Waals surface area contributed by atoms with E-state index >= 15 is 4.39 Å². The van der Waals surface area contributed by atoms with Gasteiger partial charge in [-0.15, -0.1) is 10.2 Å². The highest BCUT2D eigenvalue weighted by molar-refractivity contribution is 5.72. The molecule has 0 bridgehead atoms. The van der Waals surface area contributed by atoms with Crippen LogP contribution < -0.4 is 10.6 Å². The van der Waals surface area contributed by atoms with Gasteiger partial charge in [0.05, 0.1) is 12.1 Å². The largest absolute Gasteiger partial charge is 0.313 e. The molecule has 0 aliphatic carbocycles. The summed E-state index contributed by atoms with van der Waals surface area (Å²) in [5, 5.41) is 15.7. The highest BCUT2D eigenvalue weighted by Gasteiger charge is 2.20. The van der Waals surface area contributed by atoms with Crippen molar-refractivity contribution >= 4 is 11.1 Å². The Morgan fingerprint density at radius 1 is 0.703 bits per heavy atom. The third kappa shape index (κ3) is 5.03. The number of rotatable bonds is 6. The first-order valence-corrected chi connectivity index (χ1v) is 12.9. The lowest BCUT2D eigenvalue weighted by Gasteiger charge is -2.16. The molecule has 0 fully saturated rings. The predicted molar refractivity (Wildman–Crippen MR) is 147 cm³/mol. The zero-order valence-electron chi connectivity index (χ0n) is 20.8. The quantitative estimate of drug-likeness (QED) is 0.371. The van der Waals surface area contributed by atoms with Crippen LogP contribution in [-0.2, 0) is 6.54 Å². The molecule has 0 saturated carbocycles. The molecule has 2 aliphatic heterocycles. The van der Waals surface area contributed by atoms with Gasteiger partial charge in [0.15, 0.2) is 11.6 Å². The van der Waals surface area contributed by atoms with Crippen LogP contribution in [0.15, 0.2) is 84.9 Å². The summed E-state index contributed by atoms with van der Waals surface area (Å²) in [4.78, 5) is 0. The second-order valence-corrected chi connectivity index (χ2v) is 9.56. The molecule has 6 heteroatoms. The predicted octanol–water partition coefficient (Wildman–Crippen LogP) is 5.55. The molecule has 3 heterocycles. The topological polar surface area (TPSA) is 54.8 Å². The van der Waals surface area contributed by atoms with Gasteiger partial charge in [-0.2, -0.15) is 0 Å². The zero-order chi connectivity index (χ0) is 25.0. The number of halogens is 1. The van der Waals surface area contributed by atoms with Crippen molar-refractivity contribution in [2.75, 3.05) is 26.2 Å². The van der Waals surface area contributed by atoms with E-state index in [1.807, 2.05) is 34.9 Å². The molecule has 186 valence electrons. The Morgan fingerprint density at radius 3 is 1.97 bits per heavy atom. The maximum absolute atomic E-state index is 15.5. The SMILES string of the molecule is Fc1cc(C2=CCNCC2)ccc1-c1nnc(-c2ccc(C3=CCNCC3)cc2)n1Cc1ccccc1. The highest BCUT2D eigenvalue weighted by atomic mass is 19.1. The highest BCUT2D eigenvalue weighted by Crippen LogP contribution is 2.31. The van der Waals surface area contributed by atoms with Crippen molar-refractivity contribution in [2.24, 2.45) is 0 Å². The summed E-state index contributed by atoms with van der Waals surface area (Å²) < 4.78 is 17.6. The number of nitrogens with zero attached hydrogens (tertiary/aromatic N) is 3. The van der Waals surface area contributed by atoms with Gasteiger partial charge >= 0.3 is 0 Å². The van der Waals surface area contributed by atoms with Gasteiger partial charge in [0.1, 0.15) is 5.82 Å². The van der Waals surface area contributed by atoms with Crippen LogP contribution in [0.3, 0.4) is 0 Å². The molecule has 0 radical (unpaired) electrons. The molecule has 0 unspecified atom stereocenters. The molecule has 0 amide bonds. The summed E-state index contributed by atoms with van der Waals surface area (Å²) in [5.41, 5.74) is 7.24. The fraction of sp³-hybridized carbons (Fsp3) is 0.226. The van der Waals surface area contributed by atoms with Crippen LogP contribution in [0.5, 0.6) is 0 Å². The standard InChI is InChI=1S/C31H30FN5/c32-29-20-27(25-14-18-34-19-15-25)10-11-28(29)31-36-35-30(37(31)21-22-4-2-1-3-5-22)26-8-6-23(7-9-26)24-12-16-33-17-13-24/h1-12,14,20,33-34H,13,15-19,21H2. The van der Waals surface area contributed by atoms with E-state index in [1.54, 1.807) is 6.07 Å². The Labute approximate surface area is 216 Å². The van der Waals surface area contributed by atoms with Crippen LogP contribution in [0.4, 0.5) is 4.39 Å². The van der Waals surface area contributed by atoms with Crippen molar-refractivity contribution in [1.29, 1.82) is 0 Å². The lowest BCUT2D eigenvalue weighted by molar-refractivity contribution is 0.627. The second kappa shape index (κ2) is 10.6. The van der Waals surface area contributed by atoms with Crippen molar-refractivity contribution in [2.45, 2.75) is 19.4 Å². The lowest BCUT2D eigenvalue weighted by atomic mass is 9.98. The number of hydrogen-bond donors (Lipinski definition) is 2. The van der Waals surface area contributed by atoms with E-state index in [1.165, 1.54) is 16.7 Å². The molecule has 6 rings (SSSR count). The Hall–Kier alpha value is -3.87. The van der Waals surface area contributed by atoms with E-state index in [-0.39, 0.29) is 5.82 Å². The number of benzene rings is 3. The Morgan fingerprint density at radius 2 is 1.32 bits per heavy atom. The van der Waals surface area contributed by atoms with Gasteiger partial charge < -0.3 is 15.2 Å². The molecule has 0 atom stereocenters. The first-order chi connectivity index (χ1) is 18.3. The molecule has 3 aromatic carbocycles. The fourth-order valence-electron chi connectivity index (χ4n) is 5.13. The van der Waals surface area contributed by atoms with E-state index in [4.69, 9.17) is 0 Å². The minimum Gasteiger partial charge on any atom is -0.313 e. The van der Waals surface area contributed by atoms with Gasteiger partial charge in [-0.25, -0.2) is 4.39 Å². The summed E-state index contributed by atoms with van der Waals surface area (Å²) in [6, 6.07) is 24.1. The number of aromatic nitrogens is 3. The summed E-state index contributed by atoms with van der Waals surface area (Å²) in [6.45, 7) is 4.19. The Kier molecular flexibility index (Phi) is 6.76. The molecule has 2 N–H and O–H groups in total. The van der Waals surface area contributed by atoms with Crippen LogP contribution in [0.25, 0.3) is 33.9 Å². The molecule has 2 aliphatic rings. The summed E-state index contributed by atoms with van der Waals surface area (Å²) in [7, 11) is 0. The van der Waals surface area contributed by atoms with Gasteiger partial charge in [0.2, 0.25) is 0 Å². The number of hydrogen-bond acceptors (Lipinski definition) is 4. The molecular weight excluding hydrogens is 461 g/mol. The van der Waals surface area contributed by atoms with Gasteiger partial charge in [-0.1, -0.05) is 72.8 Å². The van der Waals surface area contributed by atoms with Crippen LogP contribution >= 0.6 is 0 Å². The van der Waals surface area contributed by atoms with E-state index < -0.39 is 0 Å². The van der Waals surface area contributed by atoms with Crippen molar-refractivity contribution < 1.29 is 4.39 Å². The van der Waals surface area contributed by atoms with Crippen LogP contribution in [0.2, 0.25) is 0 Å². The maximum atomic E-state index is 15.5. The van der Waals surface area contributed by atoms with Gasteiger partial charge in [0.25, 0.3) is 0 Å². The smallest absolute Gasteiger partial charge is 0.167 e. The Balaban J connectivity index is 1.39. The first kappa shape index (κ1) is 23.5. The average Bonchev–Trinajstić information content (AvgIpc) is 3.37. The van der Waals surface area contributed by atoms with E-state index in [0.29, 0.717) is 17.9 Å². The molecule has 1 aromatic heterocycles. The summed E-state index contributed by atoms with van der Waals surface area (Å²) >= 11 is 0. The van der Waals surface area contributed by atoms with Crippen molar-refractivity contribution in [1.82, 2.24) is 25.4 Å². The maximum Gasteiger partial charge on any atom is 0.167 e. The minimum absolute atomic E-state index is 0.279. The normalized spacial score (nSPS) is 15.8. The van der Waals surface area contributed by atoms with Crippen LogP contribution in [-0.4, -0.2) is 40.9 Å². The molecule has 37 heavy (non-hydrogen) atoms. The van der Waals surface area contributed by atoms with Crippen molar-refractivity contribution in [3.05, 3.63) is 107 Å². The second-order valence-electron chi connectivity index (χ2n) is 9.56. The molecule has 5 nitrogen and oxygen atoms in total. The third-order valence-electron chi connectivity index (χ3n) is 7.16. The van der Waals surface area contributed by atoms with Crippen molar-refractivity contribution in [3.8, 4) is 22.8 Å². The van der Waals surface area contributed by atoms with E-state index in [9.17, 15) is 0 Å². The minimum atomic E-state index is -0.279. The average molecular weight is 492 g/mol. The Bertz CT molecular complexity index is 1450. The third-order valence-corrected chi connectivity index (χ3v) is 7.16. The molecule has 4 aromatic rings. The number of nitrogens with one attached hydrogen (secondary N) is 2.